The van der Waals surface area contributed by atoms with Crippen LogP contribution in [0.4, 0.5) is 5.69 Å². The highest BCUT2D eigenvalue weighted by Crippen LogP contribution is 2.31. The fraction of sp³-hybridized carbons (Fsp3) is 0.257. The first-order valence-electron chi connectivity index (χ1n) is 14.9. The maximum absolute atomic E-state index is 14.6. The Labute approximate surface area is 278 Å². The van der Waals surface area contributed by atoms with E-state index in [1.165, 1.54) is 17.0 Å². The molecule has 1 aliphatic rings. The van der Waals surface area contributed by atoms with E-state index in [1.54, 1.807) is 42.5 Å². The number of amides is 2. The van der Waals surface area contributed by atoms with Crippen LogP contribution in [-0.2, 0) is 32.6 Å². The molecule has 1 fully saturated rings. The summed E-state index contributed by atoms with van der Waals surface area (Å²) in [5.41, 5.74) is 1.85. The molecule has 1 saturated carbocycles. The number of rotatable bonds is 12. The Balaban J connectivity index is 1.57. The molecule has 7 nitrogen and oxygen atoms in total. The van der Waals surface area contributed by atoms with Gasteiger partial charge in [-0.2, -0.15) is 0 Å². The molecule has 10 heteroatoms. The highest BCUT2D eigenvalue weighted by Gasteiger charge is 2.36. The lowest BCUT2D eigenvalue weighted by atomic mass is 10.0. The van der Waals surface area contributed by atoms with Gasteiger partial charge >= 0.3 is 0 Å². The zero-order valence-electron chi connectivity index (χ0n) is 24.7. The minimum atomic E-state index is -4.21. The molecule has 2 amide bonds. The van der Waals surface area contributed by atoms with Crippen LogP contribution in [0.1, 0.15) is 36.8 Å². The minimum Gasteiger partial charge on any atom is -0.352 e. The third kappa shape index (κ3) is 8.34. The molecule has 0 radical (unpaired) electrons. The Kier molecular flexibility index (Phi) is 11.0. The molecule has 1 atom stereocenters. The number of hydrogen-bond acceptors (Lipinski definition) is 4. The van der Waals surface area contributed by atoms with Crippen molar-refractivity contribution in [2.24, 2.45) is 0 Å². The Morgan fingerprint density at radius 2 is 1.47 bits per heavy atom. The van der Waals surface area contributed by atoms with Crippen molar-refractivity contribution in [1.29, 1.82) is 0 Å². The van der Waals surface area contributed by atoms with Crippen LogP contribution in [0, 0.1) is 0 Å². The first-order chi connectivity index (χ1) is 21.7. The topological polar surface area (TPSA) is 86.8 Å². The van der Waals surface area contributed by atoms with Gasteiger partial charge < -0.3 is 10.2 Å². The van der Waals surface area contributed by atoms with Crippen molar-refractivity contribution >= 4 is 55.1 Å². The van der Waals surface area contributed by atoms with E-state index in [0.29, 0.717) is 0 Å². The van der Waals surface area contributed by atoms with Gasteiger partial charge in [-0.1, -0.05) is 113 Å². The van der Waals surface area contributed by atoms with Gasteiger partial charge in [0.05, 0.1) is 15.6 Å². The SMILES string of the molecule is O=C(NC1CCCC1)[C@@H](Cc1ccccc1)N(Cc1cccc(Br)c1)C(=O)CN(c1ccccc1Cl)S(=O)(=O)c1ccccc1. The van der Waals surface area contributed by atoms with Crippen LogP contribution in [0.5, 0.6) is 0 Å². The summed E-state index contributed by atoms with van der Waals surface area (Å²) in [6, 6.07) is 30.7. The van der Waals surface area contributed by atoms with Crippen LogP contribution in [0.3, 0.4) is 0 Å². The number of sulfonamides is 1. The number of carbonyl (C=O) groups excluding carboxylic acids is 2. The smallest absolute Gasteiger partial charge is 0.264 e. The summed E-state index contributed by atoms with van der Waals surface area (Å²) in [7, 11) is -4.21. The van der Waals surface area contributed by atoms with Gasteiger partial charge in [-0.05, 0) is 60.4 Å². The number of halogens is 2. The van der Waals surface area contributed by atoms with Gasteiger partial charge in [-0.25, -0.2) is 8.42 Å². The van der Waals surface area contributed by atoms with Crippen LogP contribution < -0.4 is 9.62 Å². The van der Waals surface area contributed by atoms with E-state index in [0.717, 1.165) is 45.6 Å². The maximum atomic E-state index is 14.6. The summed E-state index contributed by atoms with van der Waals surface area (Å²) >= 11 is 10.1. The Hall–Kier alpha value is -3.66. The van der Waals surface area contributed by atoms with Crippen LogP contribution >= 0.6 is 27.5 Å². The van der Waals surface area contributed by atoms with E-state index in [9.17, 15) is 18.0 Å². The summed E-state index contributed by atoms with van der Waals surface area (Å²) in [6.45, 7) is -0.466. The number of para-hydroxylation sites is 1. The molecule has 0 heterocycles. The molecule has 234 valence electrons. The number of carbonyl (C=O) groups is 2. The summed E-state index contributed by atoms with van der Waals surface area (Å²) in [4.78, 5) is 30.2. The molecule has 5 rings (SSSR count). The van der Waals surface area contributed by atoms with E-state index in [4.69, 9.17) is 11.6 Å². The summed E-state index contributed by atoms with van der Waals surface area (Å²) in [5.74, 6) is -0.791. The van der Waals surface area contributed by atoms with Crippen molar-refractivity contribution in [2.75, 3.05) is 10.8 Å². The standard InChI is InChI=1S/C35H35BrClN3O4S/c36-28-15-11-14-27(22-28)24-39(33(23-26-12-3-1-4-13-26)35(42)38-29-16-7-8-17-29)34(41)25-40(32-21-10-9-20-31(32)37)45(43,44)30-18-5-2-6-19-30/h1-6,9-15,18-22,29,33H,7-8,16-17,23-25H2,(H,38,42)/t33-/m1/s1. The number of anilines is 1. The molecule has 0 saturated heterocycles. The lowest BCUT2D eigenvalue weighted by Crippen LogP contribution is -2.54. The van der Waals surface area contributed by atoms with Crippen molar-refractivity contribution in [3.05, 3.63) is 130 Å². The number of hydrogen-bond donors (Lipinski definition) is 1. The molecule has 1 aliphatic carbocycles. The normalized spacial score (nSPS) is 14.1. The van der Waals surface area contributed by atoms with Crippen LogP contribution in [0.2, 0.25) is 5.02 Å². The van der Waals surface area contributed by atoms with Crippen molar-refractivity contribution in [3.8, 4) is 0 Å². The van der Waals surface area contributed by atoms with Gasteiger partial charge in [0.15, 0.2) is 0 Å². The Morgan fingerprint density at radius 3 is 2.13 bits per heavy atom. The van der Waals surface area contributed by atoms with Gasteiger partial charge in [0, 0.05) is 23.5 Å². The average molecular weight is 709 g/mol. The second-order valence-electron chi connectivity index (χ2n) is 11.1. The van der Waals surface area contributed by atoms with Gasteiger partial charge in [-0.15, -0.1) is 0 Å². The highest BCUT2D eigenvalue weighted by atomic mass is 79.9. The minimum absolute atomic E-state index is 0.0241. The average Bonchev–Trinajstić information content (AvgIpc) is 3.56. The predicted octanol–water partition coefficient (Wildman–Crippen LogP) is 7.00. The molecule has 0 aromatic heterocycles. The van der Waals surface area contributed by atoms with Gasteiger partial charge in [0.2, 0.25) is 11.8 Å². The molecule has 4 aromatic rings. The fourth-order valence-corrected chi connectivity index (χ4v) is 7.83. The van der Waals surface area contributed by atoms with Crippen LogP contribution in [0.15, 0.2) is 119 Å². The van der Waals surface area contributed by atoms with Gasteiger partial charge in [0.1, 0.15) is 12.6 Å². The molecule has 1 N–H and O–H groups in total. The predicted molar refractivity (Wildman–Crippen MR) is 181 cm³/mol. The van der Waals surface area contributed by atoms with E-state index in [-0.39, 0.29) is 40.5 Å². The molecule has 4 aromatic carbocycles. The van der Waals surface area contributed by atoms with E-state index in [1.807, 2.05) is 54.6 Å². The van der Waals surface area contributed by atoms with Crippen LogP contribution in [0.25, 0.3) is 0 Å². The van der Waals surface area contributed by atoms with Crippen molar-refractivity contribution in [3.63, 3.8) is 0 Å². The Bertz CT molecular complexity index is 1720. The third-order valence-electron chi connectivity index (χ3n) is 7.95. The fourth-order valence-electron chi connectivity index (χ4n) is 5.64. The molecule has 0 unspecified atom stereocenters. The zero-order chi connectivity index (χ0) is 31.8. The Morgan fingerprint density at radius 1 is 0.844 bits per heavy atom. The molecule has 0 spiro atoms. The lowest BCUT2D eigenvalue weighted by Gasteiger charge is -2.34. The second kappa shape index (κ2) is 15.1. The highest BCUT2D eigenvalue weighted by molar-refractivity contribution is 9.10. The van der Waals surface area contributed by atoms with Gasteiger partial charge in [0.25, 0.3) is 10.0 Å². The first kappa shape index (κ1) is 32.7. The molecular weight excluding hydrogens is 674 g/mol. The van der Waals surface area contributed by atoms with Crippen molar-refractivity contribution in [1.82, 2.24) is 10.2 Å². The first-order valence-corrected chi connectivity index (χ1v) is 17.5. The second-order valence-corrected chi connectivity index (χ2v) is 14.3. The zero-order valence-corrected chi connectivity index (χ0v) is 27.8. The number of benzene rings is 4. The third-order valence-corrected chi connectivity index (χ3v) is 10.5. The number of nitrogens with one attached hydrogen (secondary N) is 1. The van der Waals surface area contributed by atoms with Crippen molar-refractivity contribution < 1.29 is 18.0 Å². The molecule has 0 bridgehead atoms. The van der Waals surface area contributed by atoms with Gasteiger partial charge in [-0.3, -0.25) is 13.9 Å². The lowest BCUT2D eigenvalue weighted by molar-refractivity contribution is -0.140. The molecule has 0 aliphatic heterocycles. The van der Waals surface area contributed by atoms with E-state index >= 15 is 0 Å². The summed E-state index contributed by atoms with van der Waals surface area (Å²) < 4.78 is 30.0. The van der Waals surface area contributed by atoms with E-state index < -0.39 is 28.5 Å². The molecular formula is C35H35BrClN3O4S. The van der Waals surface area contributed by atoms with Crippen molar-refractivity contribution in [2.45, 2.75) is 55.6 Å². The summed E-state index contributed by atoms with van der Waals surface area (Å²) in [5, 5.41) is 3.37. The van der Waals surface area contributed by atoms with E-state index in [2.05, 4.69) is 21.2 Å². The molecule has 45 heavy (non-hydrogen) atoms. The quantitative estimate of drug-likeness (QED) is 0.172. The number of nitrogens with zero attached hydrogens (tertiary/aromatic N) is 2. The summed E-state index contributed by atoms with van der Waals surface area (Å²) in [6.07, 6.45) is 4.12. The maximum Gasteiger partial charge on any atom is 0.264 e. The largest absolute Gasteiger partial charge is 0.352 e. The van der Waals surface area contributed by atoms with Crippen LogP contribution in [-0.4, -0.2) is 43.8 Å². The monoisotopic (exact) mass is 707 g/mol.